The SMILES string of the molecule is CCCCCP(c1ccccc1)c1ccc(CCCC)cc1. The number of unbranched alkanes of at least 4 members (excludes halogenated alkanes) is 3. The fourth-order valence-electron chi connectivity index (χ4n) is 2.76. The highest BCUT2D eigenvalue weighted by atomic mass is 31.1. The lowest BCUT2D eigenvalue weighted by Crippen LogP contribution is -2.14. The lowest BCUT2D eigenvalue weighted by molar-refractivity contribution is 0.777. The van der Waals surface area contributed by atoms with Crippen molar-refractivity contribution >= 4 is 18.5 Å². The Hall–Kier alpha value is -1.13. The highest BCUT2D eigenvalue weighted by Gasteiger charge is 2.13. The summed E-state index contributed by atoms with van der Waals surface area (Å²) in [5, 5.41) is 3.06. The summed E-state index contributed by atoms with van der Waals surface area (Å²) in [4.78, 5) is 0. The second kappa shape index (κ2) is 9.80. The molecular weight excluding hydrogens is 283 g/mol. The molecule has 2 aromatic rings. The van der Waals surface area contributed by atoms with Gasteiger partial charge in [0.1, 0.15) is 0 Å². The first-order chi connectivity index (χ1) is 10.8. The van der Waals surface area contributed by atoms with Crippen LogP contribution >= 0.6 is 7.92 Å². The molecule has 0 saturated carbocycles. The molecule has 22 heavy (non-hydrogen) atoms. The predicted molar refractivity (Wildman–Crippen MR) is 102 cm³/mol. The van der Waals surface area contributed by atoms with Crippen LogP contribution in [0.5, 0.6) is 0 Å². The van der Waals surface area contributed by atoms with Crippen molar-refractivity contribution < 1.29 is 0 Å². The molecular formula is C21H29P. The number of benzene rings is 2. The molecule has 0 spiro atoms. The van der Waals surface area contributed by atoms with E-state index in [1.54, 1.807) is 0 Å². The number of hydrogen-bond donors (Lipinski definition) is 0. The van der Waals surface area contributed by atoms with Gasteiger partial charge in [0.25, 0.3) is 0 Å². The minimum Gasteiger partial charge on any atom is -0.0654 e. The fourth-order valence-corrected chi connectivity index (χ4v) is 5.15. The third-order valence-corrected chi connectivity index (χ3v) is 6.73. The van der Waals surface area contributed by atoms with E-state index in [-0.39, 0.29) is 7.92 Å². The lowest BCUT2D eigenvalue weighted by Gasteiger charge is -2.19. The first-order valence-electron chi connectivity index (χ1n) is 8.76. The first kappa shape index (κ1) is 17.2. The van der Waals surface area contributed by atoms with E-state index in [0.717, 1.165) is 0 Å². The number of rotatable bonds is 9. The number of hydrogen-bond acceptors (Lipinski definition) is 0. The Labute approximate surface area is 137 Å². The maximum absolute atomic E-state index is 2.38. The van der Waals surface area contributed by atoms with Gasteiger partial charge in [-0.3, -0.25) is 0 Å². The summed E-state index contributed by atoms with van der Waals surface area (Å²) in [7, 11) is -0.188. The molecule has 0 fully saturated rings. The summed E-state index contributed by atoms with van der Waals surface area (Å²) in [5.74, 6) is 0. The van der Waals surface area contributed by atoms with E-state index in [0.29, 0.717) is 0 Å². The molecule has 0 aromatic heterocycles. The Bertz CT molecular complexity index is 515. The summed E-state index contributed by atoms with van der Waals surface area (Å²) < 4.78 is 0. The van der Waals surface area contributed by atoms with E-state index >= 15 is 0 Å². The van der Waals surface area contributed by atoms with Gasteiger partial charge in [-0.15, -0.1) is 0 Å². The van der Waals surface area contributed by atoms with Gasteiger partial charge in [0.2, 0.25) is 0 Å². The zero-order valence-corrected chi connectivity index (χ0v) is 15.0. The van der Waals surface area contributed by atoms with Gasteiger partial charge < -0.3 is 0 Å². The zero-order valence-electron chi connectivity index (χ0n) is 14.1. The van der Waals surface area contributed by atoms with Crippen LogP contribution in [-0.2, 0) is 6.42 Å². The molecule has 0 nitrogen and oxygen atoms in total. The van der Waals surface area contributed by atoms with Crippen molar-refractivity contribution in [3.63, 3.8) is 0 Å². The van der Waals surface area contributed by atoms with Crippen LogP contribution in [-0.4, -0.2) is 6.16 Å². The van der Waals surface area contributed by atoms with Gasteiger partial charge in [0.15, 0.2) is 0 Å². The monoisotopic (exact) mass is 312 g/mol. The third kappa shape index (κ3) is 5.25. The summed E-state index contributed by atoms with van der Waals surface area (Å²) in [5.41, 5.74) is 1.49. The van der Waals surface area contributed by atoms with Gasteiger partial charge in [0.05, 0.1) is 0 Å². The van der Waals surface area contributed by atoms with Gasteiger partial charge in [0, 0.05) is 0 Å². The molecule has 0 bridgehead atoms. The highest BCUT2D eigenvalue weighted by molar-refractivity contribution is 7.73. The molecule has 2 rings (SSSR count). The summed E-state index contributed by atoms with van der Waals surface area (Å²) in [6.45, 7) is 4.55. The summed E-state index contributed by atoms with van der Waals surface area (Å²) in [6.07, 6.45) is 9.10. The molecule has 0 heterocycles. The van der Waals surface area contributed by atoms with Crippen LogP contribution in [0.3, 0.4) is 0 Å². The van der Waals surface area contributed by atoms with Crippen molar-refractivity contribution in [2.75, 3.05) is 6.16 Å². The minimum atomic E-state index is -0.188. The Morgan fingerprint density at radius 2 is 1.32 bits per heavy atom. The Balaban J connectivity index is 2.13. The predicted octanol–water partition coefficient (Wildman–Crippen LogP) is 5.65. The van der Waals surface area contributed by atoms with Crippen molar-refractivity contribution in [2.24, 2.45) is 0 Å². The second-order valence-corrected chi connectivity index (χ2v) is 8.30. The van der Waals surface area contributed by atoms with Crippen LogP contribution in [0, 0.1) is 0 Å². The molecule has 0 saturated heterocycles. The lowest BCUT2D eigenvalue weighted by atomic mass is 10.1. The van der Waals surface area contributed by atoms with E-state index in [1.807, 2.05) is 0 Å². The standard InChI is InChI=1S/C21H29P/c1-3-5-10-18-22(20-12-8-7-9-13-20)21-16-14-19(15-17-21)11-6-4-2/h7-9,12-17H,3-6,10-11,18H2,1-2H3. The van der Waals surface area contributed by atoms with Gasteiger partial charge >= 0.3 is 0 Å². The van der Waals surface area contributed by atoms with Gasteiger partial charge in [-0.05, 0) is 49.5 Å². The largest absolute Gasteiger partial charge is 0.0654 e. The van der Waals surface area contributed by atoms with E-state index in [4.69, 9.17) is 0 Å². The molecule has 0 radical (unpaired) electrons. The Morgan fingerprint density at radius 1 is 0.682 bits per heavy atom. The van der Waals surface area contributed by atoms with Crippen molar-refractivity contribution in [2.45, 2.75) is 52.4 Å². The Morgan fingerprint density at radius 3 is 1.95 bits per heavy atom. The average Bonchev–Trinajstić information content (AvgIpc) is 2.58. The van der Waals surface area contributed by atoms with E-state index < -0.39 is 0 Å². The average molecular weight is 312 g/mol. The van der Waals surface area contributed by atoms with Gasteiger partial charge in [-0.2, -0.15) is 0 Å². The van der Waals surface area contributed by atoms with Crippen LogP contribution in [0.1, 0.15) is 51.5 Å². The van der Waals surface area contributed by atoms with Gasteiger partial charge in [-0.1, -0.05) is 87.7 Å². The molecule has 1 atom stereocenters. The van der Waals surface area contributed by atoms with E-state index in [9.17, 15) is 0 Å². The Kier molecular flexibility index (Phi) is 7.67. The van der Waals surface area contributed by atoms with Crippen molar-refractivity contribution in [3.05, 3.63) is 60.2 Å². The normalized spacial score (nSPS) is 12.3. The molecule has 0 N–H and O–H groups in total. The van der Waals surface area contributed by atoms with E-state index in [1.165, 1.54) is 60.9 Å². The second-order valence-electron chi connectivity index (χ2n) is 5.96. The van der Waals surface area contributed by atoms with Crippen LogP contribution in [0.4, 0.5) is 0 Å². The molecule has 0 aliphatic heterocycles. The summed E-state index contributed by atoms with van der Waals surface area (Å²) >= 11 is 0. The minimum absolute atomic E-state index is 0.188. The molecule has 2 aromatic carbocycles. The quantitative estimate of drug-likeness (QED) is 0.414. The molecule has 0 amide bonds. The third-order valence-electron chi connectivity index (χ3n) is 4.12. The molecule has 1 unspecified atom stereocenters. The molecule has 0 aliphatic carbocycles. The van der Waals surface area contributed by atoms with Crippen LogP contribution in [0.25, 0.3) is 0 Å². The summed E-state index contributed by atoms with van der Waals surface area (Å²) in [6, 6.07) is 20.6. The van der Waals surface area contributed by atoms with Crippen molar-refractivity contribution in [3.8, 4) is 0 Å². The van der Waals surface area contributed by atoms with Crippen LogP contribution in [0.2, 0.25) is 0 Å². The molecule has 0 aliphatic rings. The van der Waals surface area contributed by atoms with Crippen molar-refractivity contribution in [1.82, 2.24) is 0 Å². The van der Waals surface area contributed by atoms with E-state index in [2.05, 4.69) is 68.4 Å². The smallest absolute Gasteiger partial charge is 0.0195 e. The topological polar surface area (TPSA) is 0 Å². The fraction of sp³-hybridized carbons (Fsp3) is 0.429. The number of aryl methyl sites for hydroxylation is 1. The zero-order chi connectivity index (χ0) is 15.6. The first-order valence-corrected chi connectivity index (χ1v) is 10.3. The molecule has 1 heteroatoms. The maximum Gasteiger partial charge on any atom is -0.0195 e. The van der Waals surface area contributed by atoms with Crippen LogP contribution in [0.15, 0.2) is 54.6 Å². The maximum atomic E-state index is 2.38. The highest BCUT2D eigenvalue weighted by Crippen LogP contribution is 2.34. The molecule has 118 valence electrons. The van der Waals surface area contributed by atoms with Crippen LogP contribution < -0.4 is 10.6 Å². The van der Waals surface area contributed by atoms with Gasteiger partial charge in [-0.25, -0.2) is 0 Å². The van der Waals surface area contributed by atoms with Crippen molar-refractivity contribution in [1.29, 1.82) is 0 Å².